The number of ether oxygens (including phenoxy) is 1. The lowest BCUT2D eigenvalue weighted by molar-refractivity contribution is 0.0820. The fourth-order valence-corrected chi connectivity index (χ4v) is 2.48. The number of rotatable bonds is 1. The number of aromatic nitrogens is 1. The Kier molecular flexibility index (Phi) is 3.66. The van der Waals surface area contributed by atoms with Crippen LogP contribution in [0.2, 0.25) is 0 Å². The Morgan fingerprint density at radius 3 is 3.19 bits per heavy atom. The molecular formula is C11H16BrN3O. The van der Waals surface area contributed by atoms with Gasteiger partial charge in [0.05, 0.1) is 22.5 Å². The van der Waals surface area contributed by atoms with Gasteiger partial charge in [-0.2, -0.15) is 0 Å². The van der Waals surface area contributed by atoms with Crippen molar-refractivity contribution in [1.82, 2.24) is 4.98 Å². The molecule has 1 fully saturated rings. The Balaban J connectivity index is 2.21. The smallest absolute Gasteiger partial charge is 0.143 e. The molecule has 0 spiro atoms. The van der Waals surface area contributed by atoms with Crippen LogP contribution in [0, 0.1) is 0 Å². The van der Waals surface area contributed by atoms with E-state index in [0.717, 1.165) is 36.4 Å². The van der Waals surface area contributed by atoms with Gasteiger partial charge in [0.2, 0.25) is 0 Å². The van der Waals surface area contributed by atoms with Gasteiger partial charge in [0, 0.05) is 19.7 Å². The average molecular weight is 286 g/mol. The van der Waals surface area contributed by atoms with E-state index in [1.807, 2.05) is 6.07 Å². The summed E-state index contributed by atoms with van der Waals surface area (Å²) in [5.41, 5.74) is 6.36. The van der Waals surface area contributed by atoms with Crippen molar-refractivity contribution in [3.63, 3.8) is 0 Å². The van der Waals surface area contributed by atoms with E-state index in [4.69, 9.17) is 10.5 Å². The van der Waals surface area contributed by atoms with Crippen LogP contribution in [0.3, 0.4) is 0 Å². The maximum absolute atomic E-state index is 5.68. The number of halogens is 1. The Bertz CT molecular complexity index is 372. The molecule has 1 saturated heterocycles. The molecular weight excluding hydrogens is 270 g/mol. The molecule has 88 valence electrons. The van der Waals surface area contributed by atoms with Crippen LogP contribution in [0.5, 0.6) is 0 Å². The summed E-state index contributed by atoms with van der Waals surface area (Å²) in [5.74, 6) is 0.951. The SMILES string of the molecule is CC1CN(c2ncc(N)cc2Br)CCCO1. The standard InChI is InChI=1S/C11H16BrN3O/c1-8-7-15(3-2-4-16-8)11-10(12)5-9(13)6-14-11/h5-6,8H,2-4,7,13H2,1H3. The van der Waals surface area contributed by atoms with Gasteiger partial charge >= 0.3 is 0 Å². The van der Waals surface area contributed by atoms with E-state index in [-0.39, 0.29) is 6.10 Å². The second-order valence-electron chi connectivity index (χ2n) is 4.06. The molecule has 1 aliphatic rings. The first-order chi connectivity index (χ1) is 7.66. The molecule has 1 atom stereocenters. The molecule has 0 aromatic carbocycles. The fourth-order valence-electron chi connectivity index (χ4n) is 1.86. The van der Waals surface area contributed by atoms with Crippen LogP contribution in [0.4, 0.5) is 11.5 Å². The molecule has 2 N–H and O–H groups in total. The number of nitrogen functional groups attached to an aromatic ring is 1. The summed E-state index contributed by atoms with van der Waals surface area (Å²) in [5, 5.41) is 0. The molecule has 0 aliphatic carbocycles. The highest BCUT2D eigenvalue weighted by Crippen LogP contribution is 2.26. The lowest BCUT2D eigenvalue weighted by atomic mass is 10.3. The Hall–Kier alpha value is -0.810. The van der Waals surface area contributed by atoms with Gasteiger partial charge in [-0.05, 0) is 35.3 Å². The Morgan fingerprint density at radius 1 is 1.62 bits per heavy atom. The van der Waals surface area contributed by atoms with Crippen LogP contribution in [0.25, 0.3) is 0 Å². The van der Waals surface area contributed by atoms with E-state index in [1.165, 1.54) is 0 Å². The molecule has 16 heavy (non-hydrogen) atoms. The van der Waals surface area contributed by atoms with Crippen LogP contribution >= 0.6 is 15.9 Å². The quantitative estimate of drug-likeness (QED) is 0.858. The number of pyridine rings is 1. The van der Waals surface area contributed by atoms with E-state index in [9.17, 15) is 0 Å². The first-order valence-corrected chi connectivity index (χ1v) is 6.23. The van der Waals surface area contributed by atoms with Crippen LogP contribution < -0.4 is 10.6 Å². The van der Waals surface area contributed by atoms with E-state index in [2.05, 4.69) is 32.7 Å². The highest BCUT2D eigenvalue weighted by molar-refractivity contribution is 9.10. The van der Waals surface area contributed by atoms with Crippen molar-refractivity contribution < 1.29 is 4.74 Å². The summed E-state index contributed by atoms with van der Waals surface area (Å²) >= 11 is 3.50. The molecule has 5 heteroatoms. The third kappa shape index (κ3) is 2.65. The van der Waals surface area contributed by atoms with Gasteiger partial charge < -0.3 is 15.4 Å². The summed E-state index contributed by atoms with van der Waals surface area (Å²) in [7, 11) is 0. The van der Waals surface area contributed by atoms with Crippen LogP contribution in [0.15, 0.2) is 16.7 Å². The maximum atomic E-state index is 5.68. The predicted octanol–water partition coefficient (Wildman–Crippen LogP) is 2.04. The van der Waals surface area contributed by atoms with Crippen molar-refractivity contribution in [2.45, 2.75) is 19.4 Å². The topological polar surface area (TPSA) is 51.4 Å². The summed E-state index contributed by atoms with van der Waals surface area (Å²) in [6.45, 7) is 4.75. The molecule has 0 bridgehead atoms. The Morgan fingerprint density at radius 2 is 2.44 bits per heavy atom. The zero-order valence-electron chi connectivity index (χ0n) is 9.32. The van der Waals surface area contributed by atoms with Crippen LogP contribution in [-0.2, 0) is 4.74 Å². The van der Waals surface area contributed by atoms with Gasteiger partial charge in [-0.15, -0.1) is 0 Å². The molecule has 0 saturated carbocycles. The largest absolute Gasteiger partial charge is 0.397 e. The minimum absolute atomic E-state index is 0.244. The second-order valence-corrected chi connectivity index (χ2v) is 4.91. The molecule has 0 radical (unpaired) electrons. The molecule has 0 amide bonds. The first-order valence-electron chi connectivity index (χ1n) is 5.44. The van der Waals surface area contributed by atoms with Crippen molar-refractivity contribution in [3.05, 3.63) is 16.7 Å². The summed E-state index contributed by atoms with van der Waals surface area (Å²) in [4.78, 5) is 6.61. The molecule has 2 rings (SSSR count). The molecule has 1 aromatic heterocycles. The fraction of sp³-hybridized carbons (Fsp3) is 0.545. The number of hydrogen-bond acceptors (Lipinski definition) is 4. The van der Waals surface area contributed by atoms with Gasteiger partial charge in [0.25, 0.3) is 0 Å². The van der Waals surface area contributed by atoms with Gasteiger partial charge in [0.1, 0.15) is 5.82 Å². The van der Waals surface area contributed by atoms with E-state index < -0.39 is 0 Å². The normalized spacial score (nSPS) is 21.9. The minimum atomic E-state index is 0.244. The summed E-state index contributed by atoms with van der Waals surface area (Å²) in [6.07, 6.45) is 2.97. The third-order valence-corrected chi connectivity index (χ3v) is 3.18. The van der Waals surface area contributed by atoms with Gasteiger partial charge in [-0.25, -0.2) is 4.98 Å². The van der Waals surface area contributed by atoms with Gasteiger partial charge in [-0.1, -0.05) is 0 Å². The van der Waals surface area contributed by atoms with Crippen molar-refractivity contribution in [2.75, 3.05) is 30.3 Å². The molecule has 2 heterocycles. The lowest BCUT2D eigenvalue weighted by Gasteiger charge is -2.24. The monoisotopic (exact) mass is 285 g/mol. The number of nitrogens with two attached hydrogens (primary N) is 1. The maximum Gasteiger partial charge on any atom is 0.143 e. The highest BCUT2D eigenvalue weighted by Gasteiger charge is 2.18. The zero-order valence-corrected chi connectivity index (χ0v) is 10.9. The second kappa shape index (κ2) is 5.01. The van der Waals surface area contributed by atoms with Crippen molar-refractivity contribution in [1.29, 1.82) is 0 Å². The van der Waals surface area contributed by atoms with Crippen LogP contribution in [0.1, 0.15) is 13.3 Å². The average Bonchev–Trinajstić information content (AvgIpc) is 2.43. The van der Waals surface area contributed by atoms with Crippen LogP contribution in [-0.4, -0.2) is 30.8 Å². The molecule has 1 aliphatic heterocycles. The van der Waals surface area contributed by atoms with Crippen molar-refractivity contribution in [3.8, 4) is 0 Å². The minimum Gasteiger partial charge on any atom is -0.397 e. The number of nitrogens with zero attached hydrogens (tertiary/aromatic N) is 2. The van der Waals surface area contributed by atoms with Crippen molar-refractivity contribution >= 4 is 27.4 Å². The van der Waals surface area contributed by atoms with E-state index in [1.54, 1.807) is 6.20 Å². The molecule has 4 nitrogen and oxygen atoms in total. The van der Waals surface area contributed by atoms with Crippen molar-refractivity contribution in [2.24, 2.45) is 0 Å². The summed E-state index contributed by atoms with van der Waals surface area (Å²) in [6, 6.07) is 1.89. The first kappa shape index (κ1) is 11.7. The zero-order chi connectivity index (χ0) is 11.5. The number of anilines is 2. The van der Waals surface area contributed by atoms with E-state index in [0.29, 0.717) is 5.69 Å². The predicted molar refractivity (Wildman–Crippen MR) is 68.6 cm³/mol. The number of hydrogen-bond donors (Lipinski definition) is 1. The van der Waals surface area contributed by atoms with Gasteiger partial charge in [0.15, 0.2) is 0 Å². The van der Waals surface area contributed by atoms with Gasteiger partial charge in [-0.3, -0.25) is 0 Å². The lowest BCUT2D eigenvalue weighted by Crippen LogP contribution is -2.31. The summed E-state index contributed by atoms with van der Waals surface area (Å²) < 4.78 is 6.55. The third-order valence-electron chi connectivity index (χ3n) is 2.59. The molecule has 1 unspecified atom stereocenters. The highest BCUT2D eigenvalue weighted by atomic mass is 79.9. The Labute approximate surface area is 104 Å². The van der Waals surface area contributed by atoms with E-state index >= 15 is 0 Å². The molecule has 1 aromatic rings.